The Kier molecular flexibility index (Phi) is 16.8. The number of carbonyl (C=O) groups is 2. The highest BCUT2D eigenvalue weighted by Crippen LogP contribution is 2.46. The van der Waals surface area contributed by atoms with Crippen LogP contribution in [0.15, 0.2) is 36.4 Å². The van der Waals surface area contributed by atoms with Crippen LogP contribution in [0.3, 0.4) is 0 Å². The molecule has 1 aliphatic heterocycles. The summed E-state index contributed by atoms with van der Waals surface area (Å²) in [5.41, 5.74) is 0.930. The Bertz CT molecular complexity index is 1730. The van der Waals surface area contributed by atoms with E-state index in [9.17, 15) is 9.59 Å². The van der Waals surface area contributed by atoms with Crippen molar-refractivity contribution in [1.82, 2.24) is 4.90 Å². The summed E-state index contributed by atoms with van der Waals surface area (Å²) in [6.45, 7) is 13.8. The number of benzene rings is 4. The quantitative estimate of drug-likeness (QED) is 0.0343. The average Bonchev–Trinajstić information content (AvgIpc) is 3.43. The highest BCUT2D eigenvalue weighted by Gasteiger charge is 2.36. The monoisotopic (exact) mass is 753 g/mol. The lowest BCUT2D eigenvalue weighted by Crippen LogP contribution is -2.30. The standard InChI is InChI=1S/C48H67NO6/c1-6-11-16-20-25-52-43-31-37-35-29-41-42(48(51)49(47(41)50)24-15-10-5)30-36(35)38-32-44(53-26-21-17-12-7-2)46(55-28-23-19-14-9-4)34-40(38)39(37)33-45(43)54-27-22-18-13-8-3/h29-34H,6-28H2,1-5H3. The predicted molar refractivity (Wildman–Crippen MR) is 228 cm³/mol. The molecule has 0 unspecified atom stereocenters. The smallest absolute Gasteiger partial charge is 0.261 e. The molecule has 0 fully saturated rings. The third-order valence-corrected chi connectivity index (χ3v) is 10.9. The maximum Gasteiger partial charge on any atom is 0.261 e. The van der Waals surface area contributed by atoms with Crippen LogP contribution in [0, 0.1) is 0 Å². The van der Waals surface area contributed by atoms with E-state index in [1.54, 1.807) is 0 Å². The van der Waals surface area contributed by atoms with Gasteiger partial charge in [-0.2, -0.15) is 0 Å². The molecule has 4 aromatic carbocycles. The lowest BCUT2D eigenvalue weighted by Gasteiger charge is -2.19. The first-order chi connectivity index (χ1) is 27.0. The lowest BCUT2D eigenvalue weighted by atomic mass is 9.91. The SMILES string of the molecule is CCCCCCOc1cc2c3cc(OCCCCCC)c(OCCCCCC)cc3c3cc4c(cc3c2cc1OCCCCCC)C(=O)N(CCCC)C4=O. The highest BCUT2D eigenvalue weighted by molar-refractivity contribution is 6.30. The Morgan fingerprint density at radius 3 is 0.909 bits per heavy atom. The first-order valence-corrected chi connectivity index (χ1v) is 21.9. The first kappa shape index (κ1) is 42.1. The highest BCUT2D eigenvalue weighted by atomic mass is 16.5. The Labute approximate surface area is 330 Å². The fourth-order valence-electron chi connectivity index (χ4n) is 7.61. The van der Waals surface area contributed by atoms with Gasteiger partial charge in [-0.3, -0.25) is 14.5 Å². The molecule has 0 bridgehead atoms. The summed E-state index contributed by atoms with van der Waals surface area (Å²) in [6.07, 6.45) is 19.5. The van der Waals surface area contributed by atoms with Crippen LogP contribution >= 0.6 is 0 Å². The second-order valence-corrected chi connectivity index (χ2v) is 15.4. The normalized spacial score (nSPS) is 12.7. The molecule has 0 spiro atoms. The van der Waals surface area contributed by atoms with Crippen molar-refractivity contribution in [3.05, 3.63) is 47.5 Å². The molecule has 0 saturated carbocycles. The summed E-state index contributed by atoms with van der Waals surface area (Å²) in [5.74, 6) is 2.46. The minimum Gasteiger partial charge on any atom is -0.490 e. The molecule has 1 aliphatic rings. The van der Waals surface area contributed by atoms with Crippen molar-refractivity contribution in [2.45, 2.75) is 150 Å². The summed E-state index contributed by atoms with van der Waals surface area (Å²) >= 11 is 0. The summed E-state index contributed by atoms with van der Waals surface area (Å²) in [7, 11) is 0. The fraction of sp³-hybridized carbons (Fsp3) is 0.583. The third kappa shape index (κ3) is 10.7. The zero-order valence-corrected chi connectivity index (χ0v) is 34.6. The zero-order valence-electron chi connectivity index (χ0n) is 34.6. The second kappa shape index (κ2) is 21.9. The second-order valence-electron chi connectivity index (χ2n) is 15.4. The van der Waals surface area contributed by atoms with E-state index in [2.05, 4.69) is 58.9 Å². The molecule has 2 amide bonds. The maximum atomic E-state index is 13.8. The fourth-order valence-corrected chi connectivity index (χ4v) is 7.61. The lowest BCUT2D eigenvalue weighted by molar-refractivity contribution is 0.0652. The molecule has 0 atom stereocenters. The number of hydrogen-bond donors (Lipinski definition) is 0. The Morgan fingerprint density at radius 2 is 0.636 bits per heavy atom. The number of rotatable bonds is 27. The van der Waals surface area contributed by atoms with Crippen molar-refractivity contribution in [1.29, 1.82) is 0 Å². The minimum atomic E-state index is -0.217. The Hall–Kier alpha value is -4.00. The van der Waals surface area contributed by atoms with Gasteiger partial charge in [0.05, 0.1) is 37.6 Å². The van der Waals surface area contributed by atoms with Gasteiger partial charge in [-0.1, -0.05) is 118 Å². The summed E-state index contributed by atoms with van der Waals surface area (Å²) < 4.78 is 26.1. The number of hydrogen-bond acceptors (Lipinski definition) is 6. The van der Waals surface area contributed by atoms with Crippen molar-refractivity contribution in [2.75, 3.05) is 33.0 Å². The number of ether oxygens (including phenoxy) is 4. The van der Waals surface area contributed by atoms with Gasteiger partial charge in [0, 0.05) is 6.54 Å². The van der Waals surface area contributed by atoms with Crippen LogP contribution in [0.5, 0.6) is 23.0 Å². The van der Waals surface area contributed by atoms with E-state index in [4.69, 9.17) is 18.9 Å². The molecule has 0 aromatic heterocycles. The van der Waals surface area contributed by atoms with Gasteiger partial charge in [-0.05, 0) is 101 Å². The number of unbranched alkanes of at least 4 members (excludes halogenated alkanes) is 13. The van der Waals surface area contributed by atoms with E-state index in [1.165, 1.54) is 56.3 Å². The van der Waals surface area contributed by atoms with Crippen LogP contribution in [-0.2, 0) is 0 Å². The van der Waals surface area contributed by atoms with E-state index in [0.29, 0.717) is 55.6 Å². The van der Waals surface area contributed by atoms with Gasteiger partial charge in [-0.15, -0.1) is 0 Å². The van der Waals surface area contributed by atoms with Gasteiger partial charge >= 0.3 is 0 Å². The topological polar surface area (TPSA) is 74.3 Å². The number of fused-ring (bicyclic) bond motifs is 7. The summed E-state index contributed by atoms with van der Waals surface area (Å²) in [4.78, 5) is 29.0. The summed E-state index contributed by atoms with van der Waals surface area (Å²) in [5, 5.41) is 5.73. The number of amides is 2. The van der Waals surface area contributed by atoms with Gasteiger partial charge in [0.1, 0.15) is 0 Å². The van der Waals surface area contributed by atoms with E-state index in [0.717, 1.165) is 108 Å². The van der Waals surface area contributed by atoms with Gasteiger partial charge < -0.3 is 18.9 Å². The van der Waals surface area contributed by atoms with E-state index in [-0.39, 0.29) is 11.8 Å². The number of imide groups is 1. The molecule has 7 nitrogen and oxygen atoms in total. The molecule has 4 aromatic rings. The van der Waals surface area contributed by atoms with Crippen molar-refractivity contribution in [3.63, 3.8) is 0 Å². The van der Waals surface area contributed by atoms with Crippen LogP contribution < -0.4 is 18.9 Å². The first-order valence-electron chi connectivity index (χ1n) is 21.9. The molecule has 0 saturated heterocycles. The van der Waals surface area contributed by atoms with Crippen molar-refractivity contribution >= 4 is 44.1 Å². The van der Waals surface area contributed by atoms with E-state index in [1.807, 2.05) is 12.1 Å². The Morgan fingerprint density at radius 1 is 0.364 bits per heavy atom. The minimum absolute atomic E-state index is 0.217. The molecule has 0 N–H and O–H groups in total. The third-order valence-electron chi connectivity index (χ3n) is 10.9. The van der Waals surface area contributed by atoms with E-state index < -0.39 is 0 Å². The molecular formula is C48H67NO6. The molecule has 5 rings (SSSR count). The maximum absolute atomic E-state index is 13.8. The van der Waals surface area contributed by atoms with Crippen LogP contribution in [0.2, 0.25) is 0 Å². The van der Waals surface area contributed by atoms with Crippen LogP contribution in [0.1, 0.15) is 171 Å². The Balaban J connectivity index is 1.71. The number of carbonyl (C=O) groups excluding carboxylic acids is 2. The molecule has 7 heteroatoms. The molecule has 0 aliphatic carbocycles. The van der Waals surface area contributed by atoms with Gasteiger partial charge in [0.15, 0.2) is 23.0 Å². The van der Waals surface area contributed by atoms with Crippen molar-refractivity contribution < 1.29 is 28.5 Å². The van der Waals surface area contributed by atoms with Crippen LogP contribution in [0.25, 0.3) is 32.3 Å². The molecule has 1 heterocycles. The van der Waals surface area contributed by atoms with Crippen molar-refractivity contribution in [3.8, 4) is 23.0 Å². The average molecular weight is 754 g/mol. The van der Waals surface area contributed by atoms with Gasteiger partial charge in [-0.25, -0.2) is 0 Å². The van der Waals surface area contributed by atoms with E-state index >= 15 is 0 Å². The molecule has 0 radical (unpaired) electrons. The van der Waals surface area contributed by atoms with Crippen LogP contribution in [0.4, 0.5) is 0 Å². The molecular weight excluding hydrogens is 687 g/mol. The largest absolute Gasteiger partial charge is 0.490 e. The van der Waals surface area contributed by atoms with Gasteiger partial charge in [0.2, 0.25) is 0 Å². The predicted octanol–water partition coefficient (Wildman–Crippen LogP) is 13.4. The number of nitrogens with zero attached hydrogens (tertiary/aromatic N) is 1. The van der Waals surface area contributed by atoms with Crippen molar-refractivity contribution in [2.24, 2.45) is 0 Å². The van der Waals surface area contributed by atoms with Gasteiger partial charge in [0.25, 0.3) is 11.8 Å². The zero-order chi connectivity index (χ0) is 39.0. The summed E-state index contributed by atoms with van der Waals surface area (Å²) in [6, 6.07) is 12.3. The van der Waals surface area contributed by atoms with Crippen LogP contribution in [-0.4, -0.2) is 49.7 Å². The molecule has 55 heavy (non-hydrogen) atoms. The molecule has 300 valence electrons.